The number of hydrogen-bond donors (Lipinski definition) is 11. The van der Waals surface area contributed by atoms with Gasteiger partial charge < -0.3 is 64.6 Å². The van der Waals surface area contributed by atoms with Crippen LogP contribution in [0.25, 0.3) is 0 Å². The molecule has 0 saturated carbocycles. The monoisotopic (exact) mass is 817 g/mol. The van der Waals surface area contributed by atoms with Crippen molar-refractivity contribution in [1.29, 1.82) is 0 Å². The standard InChI is InChI=1S/C32H55N11O10S2/c1-16(2)24-29(50)40-20(13-23(44)45)27(48)41-21(31(52)53)15-55-54-14-17(34)25(46)38-18(8-5-11-37-32(35)36)26(47)39-19(7-3-4-10-33)30(51)43-12-6-9-22(43)28(49)42-24/h16-22,24H,3-15,33-34H2,1-2H3,(H,38,46)(H,39,47)(H,40,50)(H,41,48)(H,42,49)(H,44,45)(H,52,53)(H4,35,36,37)/t17-,18-,19-,20-,21-,22+,24-/m0/s1. The minimum absolute atomic E-state index is 0.0506. The van der Waals surface area contributed by atoms with Crippen LogP contribution >= 0.6 is 21.6 Å². The predicted octanol–water partition coefficient (Wildman–Crippen LogP) is -3.48. The van der Waals surface area contributed by atoms with Crippen LogP contribution in [0.15, 0.2) is 4.99 Å². The van der Waals surface area contributed by atoms with E-state index in [1.165, 1.54) is 4.90 Å². The molecule has 0 aromatic heterocycles. The molecule has 0 aliphatic carbocycles. The summed E-state index contributed by atoms with van der Waals surface area (Å²) in [6.07, 6.45) is 1.22. The average molecular weight is 818 g/mol. The fourth-order valence-corrected chi connectivity index (χ4v) is 8.04. The van der Waals surface area contributed by atoms with Gasteiger partial charge in [0.2, 0.25) is 35.4 Å². The van der Waals surface area contributed by atoms with Gasteiger partial charge in [0.1, 0.15) is 36.3 Å². The van der Waals surface area contributed by atoms with Gasteiger partial charge in [-0.2, -0.15) is 0 Å². The Morgan fingerprint density at radius 3 is 2.05 bits per heavy atom. The molecule has 6 amide bonds. The van der Waals surface area contributed by atoms with E-state index >= 15 is 0 Å². The molecule has 310 valence electrons. The first kappa shape index (κ1) is 46.8. The van der Waals surface area contributed by atoms with Gasteiger partial charge in [0.05, 0.1) is 12.5 Å². The lowest BCUT2D eigenvalue weighted by Crippen LogP contribution is -2.60. The lowest BCUT2D eigenvalue weighted by Gasteiger charge is -2.31. The van der Waals surface area contributed by atoms with E-state index in [0.717, 1.165) is 21.6 Å². The number of carboxylic acids is 2. The molecule has 0 unspecified atom stereocenters. The maximum atomic E-state index is 14.1. The number of aliphatic carboxylic acids is 2. The van der Waals surface area contributed by atoms with Crippen LogP contribution in [0.4, 0.5) is 0 Å². The molecule has 0 aromatic carbocycles. The first-order chi connectivity index (χ1) is 26.0. The molecular weight excluding hydrogens is 763 g/mol. The van der Waals surface area contributed by atoms with Crippen molar-refractivity contribution < 1.29 is 48.6 Å². The fraction of sp³-hybridized carbons (Fsp3) is 0.719. The van der Waals surface area contributed by atoms with Crippen molar-refractivity contribution >= 4 is 74.9 Å². The Bertz CT molecular complexity index is 1420. The third-order valence-corrected chi connectivity index (χ3v) is 11.2. The van der Waals surface area contributed by atoms with Gasteiger partial charge in [-0.3, -0.25) is 38.6 Å². The van der Waals surface area contributed by atoms with E-state index < -0.39 is 102 Å². The summed E-state index contributed by atoms with van der Waals surface area (Å²) in [5.41, 5.74) is 22.7. The summed E-state index contributed by atoms with van der Waals surface area (Å²) in [7, 11) is 1.97. The second-order valence-electron chi connectivity index (χ2n) is 13.5. The van der Waals surface area contributed by atoms with Gasteiger partial charge in [-0.1, -0.05) is 35.4 Å². The molecule has 2 rings (SSSR count). The predicted molar refractivity (Wildman–Crippen MR) is 205 cm³/mol. The lowest BCUT2D eigenvalue weighted by atomic mass is 10.0. The number of carboxylic acid groups (broad SMARTS) is 2. The quantitative estimate of drug-likeness (QED) is 0.0394. The number of guanidine groups is 1. The molecule has 0 radical (unpaired) electrons. The van der Waals surface area contributed by atoms with Crippen LogP contribution in [-0.2, 0) is 38.4 Å². The first-order valence-corrected chi connectivity index (χ1v) is 20.5. The van der Waals surface area contributed by atoms with E-state index in [0.29, 0.717) is 25.8 Å². The molecule has 7 atom stereocenters. The highest BCUT2D eigenvalue weighted by Crippen LogP contribution is 2.24. The molecule has 55 heavy (non-hydrogen) atoms. The first-order valence-electron chi connectivity index (χ1n) is 18.0. The zero-order valence-electron chi connectivity index (χ0n) is 31.0. The van der Waals surface area contributed by atoms with Crippen molar-refractivity contribution in [3.8, 4) is 0 Å². The highest BCUT2D eigenvalue weighted by Gasteiger charge is 2.40. The lowest BCUT2D eigenvalue weighted by molar-refractivity contribution is -0.144. The summed E-state index contributed by atoms with van der Waals surface area (Å²) < 4.78 is 0. The second kappa shape index (κ2) is 23.5. The van der Waals surface area contributed by atoms with Gasteiger partial charge >= 0.3 is 11.9 Å². The topological polar surface area (TPSA) is 357 Å². The van der Waals surface area contributed by atoms with Crippen molar-refractivity contribution in [3.05, 3.63) is 0 Å². The maximum Gasteiger partial charge on any atom is 0.327 e. The summed E-state index contributed by atoms with van der Waals surface area (Å²) in [5, 5.41) is 31.8. The molecular formula is C32H55N11O10S2. The molecule has 0 aromatic rings. The Morgan fingerprint density at radius 2 is 1.44 bits per heavy atom. The molecule has 15 N–H and O–H groups in total. The summed E-state index contributed by atoms with van der Waals surface area (Å²) in [5.74, 6) is -8.60. The van der Waals surface area contributed by atoms with Gasteiger partial charge in [0, 0.05) is 24.6 Å². The minimum atomic E-state index is -1.71. The molecule has 0 bridgehead atoms. The van der Waals surface area contributed by atoms with E-state index in [-0.39, 0.29) is 56.2 Å². The van der Waals surface area contributed by atoms with E-state index in [2.05, 4.69) is 31.6 Å². The van der Waals surface area contributed by atoms with Crippen LogP contribution in [0.3, 0.4) is 0 Å². The van der Waals surface area contributed by atoms with Crippen LogP contribution in [0.1, 0.15) is 65.2 Å². The zero-order chi connectivity index (χ0) is 41.2. The number of unbranched alkanes of at least 4 members (excludes halogenated alkanes) is 1. The summed E-state index contributed by atoms with van der Waals surface area (Å²) in [4.78, 5) is 110. The van der Waals surface area contributed by atoms with E-state index in [1.54, 1.807) is 13.8 Å². The summed E-state index contributed by atoms with van der Waals surface area (Å²) >= 11 is 0. The molecule has 2 fully saturated rings. The number of fused-ring (bicyclic) bond motifs is 1. The molecule has 21 nitrogen and oxygen atoms in total. The number of carbonyl (C=O) groups is 8. The third-order valence-electron chi connectivity index (χ3n) is 8.75. The highest BCUT2D eigenvalue weighted by molar-refractivity contribution is 8.76. The van der Waals surface area contributed by atoms with Gasteiger partial charge in [0.15, 0.2) is 5.96 Å². The van der Waals surface area contributed by atoms with Crippen LogP contribution in [-0.4, -0.2) is 142 Å². The molecule has 2 aliphatic heterocycles. The van der Waals surface area contributed by atoms with Crippen molar-refractivity contribution in [2.24, 2.45) is 33.8 Å². The molecule has 2 aliphatic rings. The Balaban J connectivity index is 2.53. The molecule has 0 spiro atoms. The van der Waals surface area contributed by atoms with Crippen LogP contribution in [0.2, 0.25) is 0 Å². The Kier molecular flexibility index (Phi) is 20.0. The Labute approximate surface area is 326 Å². The van der Waals surface area contributed by atoms with Crippen LogP contribution in [0, 0.1) is 5.92 Å². The zero-order valence-corrected chi connectivity index (χ0v) is 32.6. The third kappa shape index (κ3) is 15.7. The van der Waals surface area contributed by atoms with Gasteiger partial charge in [-0.15, -0.1) is 0 Å². The summed E-state index contributed by atoms with van der Waals surface area (Å²) in [6, 6.07) is -9.05. The number of nitrogens with two attached hydrogens (primary N) is 4. The maximum absolute atomic E-state index is 14.1. The Hall–Kier alpha value is -4.35. The van der Waals surface area contributed by atoms with Crippen LogP contribution in [0.5, 0.6) is 0 Å². The fourth-order valence-electron chi connectivity index (χ4n) is 5.77. The number of aliphatic imine (C=N–C) groups is 1. The van der Waals surface area contributed by atoms with Crippen molar-refractivity contribution in [1.82, 2.24) is 31.5 Å². The molecule has 2 heterocycles. The second-order valence-corrected chi connectivity index (χ2v) is 16.1. The number of rotatable bonds is 12. The average Bonchev–Trinajstić information content (AvgIpc) is 3.61. The molecule has 2 saturated heterocycles. The molecule has 23 heteroatoms. The van der Waals surface area contributed by atoms with Gasteiger partial charge in [-0.05, 0) is 57.4 Å². The largest absolute Gasteiger partial charge is 0.481 e. The van der Waals surface area contributed by atoms with Crippen molar-refractivity contribution in [3.63, 3.8) is 0 Å². The van der Waals surface area contributed by atoms with E-state index in [4.69, 9.17) is 22.9 Å². The Morgan fingerprint density at radius 1 is 0.818 bits per heavy atom. The van der Waals surface area contributed by atoms with E-state index in [9.17, 15) is 48.6 Å². The van der Waals surface area contributed by atoms with Gasteiger partial charge in [0.25, 0.3) is 0 Å². The van der Waals surface area contributed by atoms with Crippen molar-refractivity contribution in [2.45, 2.75) is 108 Å². The smallest absolute Gasteiger partial charge is 0.327 e. The number of amides is 6. The minimum Gasteiger partial charge on any atom is -0.481 e. The highest BCUT2D eigenvalue weighted by atomic mass is 33.1. The normalized spacial score (nSPS) is 26.9. The number of hydrogen-bond acceptors (Lipinski definition) is 13. The number of nitrogens with one attached hydrogen (secondary N) is 5. The van der Waals surface area contributed by atoms with Crippen LogP contribution < -0.4 is 49.5 Å². The van der Waals surface area contributed by atoms with Crippen molar-refractivity contribution in [2.75, 3.05) is 31.1 Å². The summed E-state index contributed by atoms with van der Waals surface area (Å²) in [6.45, 7) is 3.84. The van der Waals surface area contributed by atoms with E-state index in [1.807, 2.05) is 0 Å². The number of nitrogens with zero attached hydrogens (tertiary/aromatic N) is 2. The number of carbonyl (C=O) groups excluding carboxylic acids is 6. The SMILES string of the molecule is CC(C)[C@@H]1NC(=O)[C@H]2CCCN2C(=O)[C@H](CCCCN)NC(=O)[C@H](CCCN=C(N)N)NC(=O)[C@@H](N)CSSC[C@@H](C(=O)O)NC(=O)[C@H](CC(=O)O)NC1=O. The van der Waals surface area contributed by atoms with Gasteiger partial charge in [-0.25, -0.2) is 4.79 Å².